The molecule has 0 heterocycles. The summed E-state index contributed by atoms with van der Waals surface area (Å²) in [6.07, 6.45) is 0.942. The van der Waals surface area contributed by atoms with Crippen LogP contribution in [-0.2, 0) is 5.41 Å². The summed E-state index contributed by atoms with van der Waals surface area (Å²) in [7, 11) is 0. The molecule has 1 aliphatic carbocycles. The maximum absolute atomic E-state index is 9.21. The molecule has 1 atom stereocenters. The van der Waals surface area contributed by atoms with Crippen LogP contribution in [0.2, 0.25) is 0 Å². The number of benzene rings is 2. The number of rotatable bonds is 2. The highest BCUT2D eigenvalue weighted by molar-refractivity contribution is 5.49. The van der Waals surface area contributed by atoms with Gasteiger partial charge in [-0.2, -0.15) is 5.26 Å². The van der Waals surface area contributed by atoms with Crippen molar-refractivity contribution in [2.75, 3.05) is 0 Å². The van der Waals surface area contributed by atoms with Crippen molar-refractivity contribution < 1.29 is 0 Å². The average Bonchev–Trinajstić information content (AvgIpc) is 3.17. The monoisotopic (exact) mass is 219 g/mol. The lowest BCUT2D eigenvalue weighted by Gasteiger charge is -2.16. The molecule has 2 aromatic carbocycles. The molecule has 0 amide bonds. The summed E-state index contributed by atoms with van der Waals surface area (Å²) in [6.45, 7) is 0. The minimum Gasteiger partial charge on any atom is -0.198 e. The molecule has 0 aliphatic heterocycles. The smallest absolute Gasteiger partial charge is 0.0669 e. The molecule has 1 heteroatoms. The summed E-state index contributed by atoms with van der Waals surface area (Å²) in [5.41, 5.74) is 2.47. The molecule has 0 N–H and O–H groups in total. The maximum Gasteiger partial charge on any atom is 0.0669 e. The second kappa shape index (κ2) is 3.75. The van der Waals surface area contributed by atoms with E-state index >= 15 is 0 Å². The number of nitriles is 1. The summed E-state index contributed by atoms with van der Waals surface area (Å²) in [5.74, 6) is 0.118. The third kappa shape index (κ3) is 1.45. The van der Waals surface area contributed by atoms with E-state index in [-0.39, 0.29) is 11.3 Å². The van der Waals surface area contributed by atoms with E-state index in [1.54, 1.807) is 0 Å². The lowest BCUT2D eigenvalue weighted by Crippen LogP contribution is -2.11. The fourth-order valence-corrected chi connectivity index (χ4v) is 2.69. The van der Waals surface area contributed by atoms with Crippen LogP contribution in [0.15, 0.2) is 60.7 Å². The first-order valence-electron chi connectivity index (χ1n) is 5.88. The van der Waals surface area contributed by atoms with Gasteiger partial charge >= 0.3 is 0 Å². The Morgan fingerprint density at radius 3 is 1.71 bits per heavy atom. The predicted octanol–water partition coefficient (Wildman–Crippen LogP) is 3.52. The molecule has 3 rings (SSSR count). The number of hydrogen-bond acceptors (Lipinski definition) is 1. The van der Waals surface area contributed by atoms with Crippen molar-refractivity contribution in [3.63, 3.8) is 0 Å². The van der Waals surface area contributed by atoms with E-state index in [0.717, 1.165) is 6.42 Å². The van der Waals surface area contributed by atoms with Crippen molar-refractivity contribution in [3.8, 4) is 6.07 Å². The standard InChI is InChI=1S/C16H13N/c17-12-15-11-16(15,13-7-3-1-4-8-13)14-9-5-2-6-10-14/h1-10,15H,11H2/t15-/m1/s1. The fourth-order valence-electron chi connectivity index (χ4n) is 2.69. The van der Waals surface area contributed by atoms with Crippen molar-refractivity contribution in [2.24, 2.45) is 5.92 Å². The fraction of sp³-hybridized carbons (Fsp3) is 0.188. The van der Waals surface area contributed by atoms with E-state index in [1.165, 1.54) is 11.1 Å². The van der Waals surface area contributed by atoms with Crippen LogP contribution in [0.25, 0.3) is 0 Å². The molecule has 0 bridgehead atoms. The summed E-state index contributed by atoms with van der Waals surface area (Å²) in [6, 6.07) is 23.2. The molecule has 17 heavy (non-hydrogen) atoms. The van der Waals surface area contributed by atoms with Gasteiger partial charge in [0.15, 0.2) is 0 Å². The van der Waals surface area contributed by atoms with Crippen molar-refractivity contribution in [3.05, 3.63) is 71.8 Å². The predicted molar refractivity (Wildman–Crippen MR) is 67.4 cm³/mol. The van der Waals surface area contributed by atoms with Crippen LogP contribution in [0.5, 0.6) is 0 Å². The third-order valence-electron chi connectivity index (χ3n) is 3.69. The largest absolute Gasteiger partial charge is 0.198 e. The highest BCUT2D eigenvalue weighted by Gasteiger charge is 2.56. The lowest BCUT2D eigenvalue weighted by atomic mass is 9.86. The van der Waals surface area contributed by atoms with E-state index < -0.39 is 0 Å². The first-order chi connectivity index (χ1) is 8.38. The second-order valence-electron chi connectivity index (χ2n) is 4.59. The molecule has 1 fully saturated rings. The Bertz CT molecular complexity index is 512. The molecule has 0 saturated heterocycles. The van der Waals surface area contributed by atoms with Gasteiger partial charge in [-0.25, -0.2) is 0 Å². The number of nitrogens with zero attached hydrogens (tertiary/aromatic N) is 1. The summed E-state index contributed by atoms with van der Waals surface area (Å²) in [4.78, 5) is 0. The molecule has 0 aromatic heterocycles. The van der Waals surface area contributed by atoms with Gasteiger partial charge in [0.1, 0.15) is 0 Å². The van der Waals surface area contributed by atoms with Gasteiger partial charge in [-0.05, 0) is 17.5 Å². The summed E-state index contributed by atoms with van der Waals surface area (Å²) in [5, 5.41) is 9.21. The van der Waals surface area contributed by atoms with Crippen molar-refractivity contribution in [1.29, 1.82) is 5.26 Å². The van der Waals surface area contributed by atoms with Crippen molar-refractivity contribution in [2.45, 2.75) is 11.8 Å². The lowest BCUT2D eigenvalue weighted by molar-refractivity contribution is 0.796. The Hall–Kier alpha value is -2.07. The van der Waals surface area contributed by atoms with Gasteiger partial charge in [0.2, 0.25) is 0 Å². The van der Waals surface area contributed by atoms with E-state index in [9.17, 15) is 5.26 Å². The first-order valence-corrected chi connectivity index (χ1v) is 5.88. The Kier molecular flexibility index (Phi) is 2.23. The van der Waals surface area contributed by atoms with Crippen LogP contribution in [0.4, 0.5) is 0 Å². The van der Waals surface area contributed by atoms with Crippen LogP contribution in [0.1, 0.15) is 17.5 Å². The SMILES string of the molecule is N#C[C@H]1CC1(c1ccccc1)c1ccccc1. The quantitative estimate of drug-likeness (QED) is 0.758. The van der Waals surface area contributed by atoms with E-state index in [1.807, 2.05) is 36.4 Å². The Balaban J connectivity index is 2.12. The van der Waals surface area contributed by atoms with Gasteiger partial charge in [0.25, 0.3) is 0 Å². The van der Waals surface area contributed by atoms with Crippen LogP contribution < -0.4 is 0 Å². The van der Waals surface area contributed by atoms with E-state index in [0.29, 0.717) is 0 Å². The van der Waals surface area contributed by atoms with Gasteiger partial charge < -0.3 is 0 Å². The van der Waals surface area contributed by atoms with Crippen LogP contribution in [0.3, 0.4) is 0 Å². The van der Waals surface area contributed by atoms with Crippen LogP contribution in [-0.4, -0.2) is 0 Å². The van der Waals surface area contributed by atoms with Crippen LogP contribution in [0, 0.1) is 17.2 Å². The molecule has 0 radical (unpaired) electrons. The zero-order valence-electron chi connectivity index (χ0n) is 9.51. The van der Waals surface area contributed by atoms with Gasteiger partial charge in [0.05, 0.1) is 12.0 Å². The summed E-state index contributed by atoms with van der Waals surface area (Å²) < 4.78 is 0. The van der Waals surface area contributed by atoms with Crippen molar-refractivity contribution >= 4 is 0 Å². The van der Waals surface area contributed by atoms with Gasteiger partial charge in [-0.15, -0.1) is 0 Å². The normalized spacial score (nSPS) is 20.5. The van der Waals surface area contributed by atoms with Crippen LogP contribution >= 0.6 is 0 Å². The van der Waals surface area contributed by atoms with Gasteiger partial charge in [0, 0.05) is 5.41 Å². The molecule has 0 unspecified atom stereocenters. The molecule has 82 valence electrons. The number of hydrogen-bond donors (Lipinski definition) is 0. The minimum atomic E-state index is -0.0583. The van der Waals surface area contributed by atoms with E-state index in [4.69, 9.17) is 0 Å². The van der Waals surface area contributed by atoms with Gasteiger partial charge in [-0.3, -0.25) is 0 Å². The maximum atomic E-state index is 9.21. The molecular weight excluding hydrogens is 206 g/mol. The van der Waals surface area contributed by atoms with Gasteiger partial charge in [-0.1, -0.05) is 60.7 Å². The average molecular weight is 219 g/mol. The zero-order chi connectivity index (χ0) is 11.7. The highest BCUT2D eigenvalue weighted by atomic mass is 14.6. The Labute approximate surface area is 101 Å². The topological polar surface area (TPSA) is 23.8 Å². The third-order valence-corrected chi connectivity index (χ3v) is 3.69. The highest BCUT2D eigenvalue weighted by Crippen LogP contribution is 2.58. The summed E-state index contributed by atoms with van der Waals surface area (Å²) >= 11 is 0. The Morgan fingerprint density at radius 2 is 1.35 bits per heavy atom. The second-order valence-corrected chi connectivity index (χ2v) is 4.59. The van der Waals surface area contributed by atoms with E-state index in [2.05, 4.69) is 30.3 Å². The Morgan fingerprint density at radius 1 is 0.882 bits per heavy atom. The van der Waals surface area contributed by atoms with Crippen molar-refractivity contribution in [1.82, 2.24) is 0 Å². The zero-order valence-corrected chi connectivity index (χ0v) is 9.51. The molecule has 1 aliphatic rings. The molecule has 1 nitrogen and oxygen atoms in total. The molecule has 1 saturated carbocycles. The molecule has 2 aromatic rings. The minimum absolute atomic E-state index is 0.0583. The first kappa shape index (κ1) is 10.1. The molecular formula is C16H13N. The molecule has 0 spiro atoms.